The van der Waals surface area contributed by atoms with Crippen molar-refractivity contribution in [1.29, 1.82) is 0 Å². The summed E-state index contributed by atoms with van der Waals surface area (Å²) in [5.74, 6) is -1.12. The number of fused-ring (bicyclic) bond motifs is 1. The van der Waals surface area contributed by atoms with E-state index in [2.05, 4.69) is 27.2 Å². The molecule has 3 rings (SSSR count). The molecular formula is C19H16ClFN4O3S. The van der Waals surface area contributed by atoms with Gasteiger partial charge in [-0.15, -0.1) is 11.3 Å². The molecule has 0 aliphatic carbocycles. The second-order valence-electron chi connectivity index (χ2n) is 5.88. The highest BCUT2D eigenvalue weighted by molar-refractivity contribution is 7.20. The van der Waals surface area contributed by atoms with Crippen LogP contribution in [0.15, 0.2) is 48.9 Å². The van der Waals surface area contributed by atoms with Gasteiger partial charge < -0.3 is 15.4 Å². The number of ether oxygens (including phenoxy) is 1. The van der Waals surface area contributed by atoms with Gasteiger partial charge in [-0.2, -0.15) is 0 Å². The van der Waals surface area contributed by atoms with Gasteiger partial charge in [-0.1, -0.05) is 18.2 Å². The van der Waals surface area contributed by atoms with Crippen LogP contribution in [-0.2, 0) is 4.79 Å². The Morgan fingerprint density at radius 1 is 1.24 bits per heavy atom. The fourth-order valence-corrected chi connectivity index (χ4v) is 3.26. The lowest BCUT2D eigenvalue weighted by atomic mass is 10.3. The first-order valence-corrected chi connectivity index (χ1v) is 9.66. The lowest BCUT2D eigenvalue weighted by molar-refractivity contribution is -0.123. The van der Waals surface area contributed by atoms with Gasteiger partial charge in [0.25, 0.3) is 11.8 Å². The fourth-order valence-electron chi connectivity index (χ4n) is 2.29. The van der Waals surface area contributed by atoms with Gasteiger partial charge in [-0.25, -0.2) is 9.37 Å². The van der Waals surface area contributed by atoms with Crippen LogP contribution in [0.5, 0.6) is 5.75 Å². The maximum Gasteiger partial charge on any atom is 0.265 e. The van der Waals surface area contributed by atoms with Crippen LogP contribution in [-0.4, -0.2) is 34.9 Å². The van der Waals surface area contributed by atoms with Crippen molar-refractivity contribution < 1.29 is 18.7 Å². The number of hydrogen-bond acceptors (Lipinski definition) is 6. The van der Waals surface area contributed by atoms with Crippen LogP contribution < -0.4 is 15.4 Å². The summed E-state index contributed by atoms with van der Waals surface area (Å²) in [4.78, 5) is 33.5. The van der Waals surface area contributed by atoms with E-state index in [1.165, 1.54) is 23.5 Å². The topological polar surface area (TPSA) is 93.2 Å². The number of rotatable bonds is 8. The normalized spacial score (nSPS) is 10.6. The minimum absolute atomic E-state index is 0.0227. The molecular weight excluding hydrogens is 419 g/mol. The standard InChI is InChI=1S/C19H16ClFN4O3S/c1-11(25-18(27)16-9-15-19(29-16)24-7-6-22-15)4-5-23-17(26)10-28-12-2-3-13(20)14(21)8-12/h2-3,6-9H,1,4-5,10H2,(H,23,26)(H,25,27). The summed E-state index contributed by atoms with van der Waals surface area (Å²) in [7, 11) is 0. The van der Waals surface area contributed by atoms with Crippen LogP contribution >= 0.6 is 22.9 Å². The molecule has 0 unspecified atom stereocenters. The van der Waals surface area contributed by atoms with Gasteiger partial charge in [0.2, 0.25) is 0 Å². The first-order valence-electron chi connectivity index (χ1n) is 8.46. The first kappa shape index (κ1) is 20.7. The molecule has 0 bridgehead atoms. The van der Waals surface area contributed by atoms with Crippen LogP contribution in [0.25, 0.3) is 10.3 Å². The quantitative estimate of drug-likeness (QED) is 0.567. The summed E-state index contributed by atoms with van der Waals surface area (Å²) < 4.78 is 18.5. The van der Waals surface area contributed by atoms with Gasteiger partial charge in [-0.3, -0.25) is 14.6 Å². The number of carbonyl (C=O) groups is 2. The highest BCUT2D eigenvalue weighted by atomic mass is 35.5. The molecule has 2 heterocycles. The van der Waals surface area contributed by atoms with E-state index in [0.29, 0.717) is 27.3 Å². The predicted octanol–water partition coefficient (Wildman–Crippen LogP) is 3.31. The number of amides is 2. The van der Waals surface area contributed by atoms with Crippen LogP contribution in [0.1, 0.15) is 16.1 Å². The molecule has 2 N–H and O–H groups in total. The molecule has 150 valence electrons. The van der Waals surface area contributed by atoms with E-state index in [-0.39, 0.29) is 35.7 Å². The van der Waals surface area contributed by atoms with Crippen molar-refractivity contribution in [3.05, 3.63) is 64.7 Å². The molecule has 0 fully saturated rings. The maximum absolute atomic E-state index is 13.3. The average Bonchev–Trinajstić information content (AvgIpc) is 3.13. The lowest BCUT2D eigenvalue weighted by Gasteiger charge is -2.10. The van der Waals surface area contributed by atoms with E-state index in [4.69, 9.17) is 16.3 Å². The third-order valence-electron chi connectivity index (χ3n) is 3.69. The number of carbonyl (C=O) groups excluding carboxylic acids is 2. The van der Waals surface area contributed by atoms with E-state index in [0.717, 1.165) is 6.07 Å². The minimum atomic E-state index is -0.623. The van der Waals surface area contributed by atoms with E-state index in [1.54, 1.807) is 18.5 Å². The second-order valence-corrected chi connectivity index (χ2v) is 7.32. The van der Waals surface area contributed by atoms with E-state index >= 15 is 0 Å². The highest BCUT2D eigenvalue weighted by Gasteiger charge is 2.12. The Labute approximate surface area is 174 Å². The van der Waals surface area contributed by atoms with Gasteiger partial charge in [0.05, 0.1) is 9.90 Å². The van der Waals surface area contributed by atoms with Crippen LogP contribution in [0.3, 0.4) is 0 Å². The Kier molecular flexibility index (Phi) is 6.73. The molecule has 0 saturated carbocycles. The zero-order valence-corrected chi connectivity index (χ0v) is 16.6. The molecule has 1 aromatic carbocycles. The second kappa shape index (κ2) is 9.44. The van der Waals surface area contributed by atoms with Crippen LogP contribution in [0.4, 0.5) is 4.39 Å². The summed E-state index contributed by atoms with van der Waals surface area (Å²) in [5.41, 5.74) is 1.11. The number of halogens is 2. The molecule has 0 aliphatic rings. The summed E-state index contributed by atoms with van der Waals surface area (Å²) in [5, 5.41) is 5.29. The molecule has 0 saturated heterocycles. The monoisotopic (exact) mass is 434 g/mol. The third-order valence-corrected chi connectivity index (χ3v) is 5.03. The molecule has 2 aromatic heterocycles. The smallest absolute Gasteiger partial charge is 0.265 e. The SMILES string of the molecule is C=C(CCNC(=O)COc1ccc(Cl)c(F)c1)NC(=O)c1cc2nccnc2s1. The summed E-state index contributed by atoms with van der Waals surface area (Å²) >= 11 is 6.82. The molecule has 29 heavy (non-hydrogen) atoms. The number of benzene rings is 1. The molecule has 0 radical (unpaired) electrons. The Hall–Kier alpha value is -3.04. The van der Waals surface area contributed by atoms with Crippen molar-refractivity contribution in [1.82, 2.24) is 20.6 Å². The molecule has 0 atom stereocenters. The minimum Gasteiger partial charge on any atom is -0.484 e. The zero-order chi connectivity index (χ0) is 20.8. The zero-order valence-electron chi connectivity index (χ0n) is 15.1. The molecule has 7 nitrogen and oxygen atoms in total. The predicted molar refractivity (Wildman–Crippen MR) is 109 cm³/mol. The summed E-state index contributed by atoms with van der Waals surface area (Å²) in [6.45, 7) is 3.77. The van der Waals surface area contributed by atoms with Crippen molar-refractivity contribution in [3.8, 4) is 5.75 Å². The van der Waals surface area contributed by atoms with E-state index in [1.807, 2.05) is 0 Å². The van der Waals surface area contributed by atoms with Gasteiger partial charge in [-0.05, 0) is 18.2 Å². The summed E-state index contributed by atoms with van der Waals surface area (Å²) in [6, 6.07) is 5.58. The lowest BCUT2D eigenvalue weighted by Crippen LogP contribution is -2.31. The Bertz CT molecular complexity index is 1040. The Balaban J connectivity index is 1.39. The van der Waals surface area contributed by atoms with Crippen LogP contribution in [0.2, 0.25) is 5.02 Å². The van der Waals surface area contributed by atoms with Crippen molar-refractivity contribution in [3.63, 3.8) is 0 Å². The number of aromatic nitrogens is 2. The van der Waals surface area contributed by atoms with Crippen molar-refractivity contribution in [2.75, 3.05) is 13.2 Å². The summed E-state index contributed by atoms with van der Waals surface area (Å²) in [6.07, 6.45) is 3.47. The molecule has 3 aromatic rings. The van der Waals surface area contributed by atoms with Crippen molar-refractivity contribution in [2.24, 2.45) is 0 Å². The van der Waals surface area contributed by atoms with Crippen molar-refractivity contribution in [2.45, 2.75) is 6.42 Å². The molecule has 0 spiro atoms. The maximum atomic E-state index is 13.3. The first-order chi connectivity index (χ1) is 13.9. The molecule has 2 amide bonds. The van der Waals surface area contributed by atoms with E-state index in [9.17, 15) is 14.0 Å². The number of thiophene rings is 1. The highest BCUT2D eigenvalue weighted by Crippen LogP contribution is 2.22. The van der Waals surface area contributed by atoms with Crippen LogP contribution in [0, 0.1) is 5.82 Å². The fraction of sp³-hybridized carbons (Fsp3) is 0.158. The average molecular weight is 435 g/mol. The number of nitrogens with one attached hydrogen (secondary N) is 2. The van der Waals surface area contributed by atoms with E-state index < -0.39 is 5.82 Å². The van der Waals surface area contributed by atoms with Gasteiger partial charge >= 0.3 is 0 Å². The Morgan fingerprint density at radius 3 is 2.79 bits per heavy atom. The molecule has 0 aliphatic heterocycles. The molecule has 10 heteroatoms. The van der Waals surface area contributed by atoms with Gasteiger partial charge in [0.1, 0.15) is 21.9 Å². The number of hydrogen-bond donors (Lipinski definition) is 2. The Morgan fingerprint density at radius 2 is 2.03 bits per heavy atom. The number of nitrogens with zero attached hydrogens (tertiary/aromatic N) is 2. The largest absolute Gasteiger partial charge is 0.484 e. The van der Waals surface area contributed by atoms with Gasteiger partial charge in [0.15, 0.2) is 6.61 Å². The van der Waals surface area contributed by atoms with Crippen molar-refractivity contribution >= 4 is 45.1 Å². The third kappa shape index (κ3) is 5.72. The van der Waals surface area contributed by atoms with Gasteiger partial charge in [0, 0.05) is 37.1 Å².